The van der Waals surface area contributed by atoms with Crippen LogP contribution in [0.4, 0.5) is 5.69 Å². The van der Waals surface area contributed by atoms with Crippen LogP contribution < -0.4 is 9.62 Å². The van der Waals surface area contributed by atoms with Gasteiger partial charge in [-0.1, -0.05) is 81.4 Å². The summed E-state index contributed by atoms with van der Waals surface area (Å²) in [6, 6.07) is 22.3. The van der Waals surface area contributed by atoms with Crippen LogP contribution in [-0.2, 0) is 26.2 Å². The Balaban J connectivity index is 2.06. The summed E-state index contributed by atoms with van der Waals surface area (Å²) in [7, 11) is -4.08. The normalized spacial score (nSPS) is 12.2. The van der Waals surface area contributed by atoms with Gasteiger partial charge in [-0.3, -0.25) is 13.9 Å². The molecule has 1 atom stereocenters. The van der Waals surface area contributed by atoms with Crippen molar-refractivity contribution in [2.75, 3.05) is 17.4 Å². The number of benzene rings is 3. The fourth-order valence-corrected chi connectivity index (χ4v) is 5.83. The van der Waals surface area contributed by atoms with Crippen LogP contribution in [-0.4, -0.2) is 44.3 Å². The average Bonchev–Trinajstić information content (AvgIpc) is 2.92. The van der Waals surface area contributed by atoms with Gasteiger partial charge in [-0.25, -0.2) is 8.42 Å². The van der Waals surface area contributed by atoms with E-state index in [-0.39, 0.29) is 23.3 Å². The van der Waals surface area contributed by atoms with E-state index in [1.165, 1.54) is 21.3 Å². The summed E-state index contributed by atoms with van der Waals surface area (Å²) >= 11 is 0. The van der Waals surface area contributed by atoms with Crippen molar-refractivity contribution in [2.24, 2.45) is 5.92 Å². The largest absolute Gasteiger partial charge is 0.354 e. The summed E-state index contributed by atoms with van der Waals surface area (Å²) < 4.78 is 29.0. The minimum Gasteiger partial charge on any atom is -0.354 e. The highest BCUT2D eigenvalue weighted by Gasteiger charge is 2.34. The van der Waals surface area contributed by atoms with Crippen LogP contribution in [0.25, 0.3) is 0 Å². The quantitative estimate of drug-likeness (QED) is 0.341. The lowest BCUT2D eigenvalue weighted by Gasteiger charge is -2.33. The first kappa shape index (κ1) is 29.9. The Morgan fingerprint density at radius 3 is 2.10 bits per heavy atom. The maximum Gasteiger partial charge on any atom is 0.264 e. The van der Waals surface area contributed by atoms with Crippen molar-refractivity contribution >= 4 is 27.5 Å². The van der Waals surface area contributed by atoms with E-state index < -0.39 is 28.5 Å². The number of amides is 2. The van der Waals surface area contributed by atoms with Crippen LogP contribution in [0, 0.1) is 19.8 Å². The molecule has 208 valence electrons. The maximum absolute atomic E-state index is 14.1. The van der Waals surface area contributed by atoms with Crippen molar-refractivity contribution in [2.45, 2.75) is 58.5 Å². The van der Waals surface area contributed by atoms with Crippen LogP contribution in [0.5, 0.6) is 0 Å². The molecule has 0 bridgehead atoms. The molecule has 7 nitrogen and oxygen atoms in total. The van der Waals surface area contributed by atoms with Gasteiger partial charge in [0.1, 0.15) is 12.6 Å². The third-order valence-electron chi connectivity index (χ3n) is 6.51. The molecule has 0 saturated heterocycles. The minimum atomic E-state index is -4.08. The number of rotatable bonds is 12. The molecular weight excluding hydrogens is 510 g/mol. The molecule has 3 aromatic carbocycles. The van der Waals surface area contributed by atoms with Gasteiger partial charge in [-0.2, -0.15) is 0 Å². The van der Waals surface area contributed by atoms with Crippen molar-refractivity contribution in [1.29, 1.82) is 0 Å². The number of hydrogen-bond donors (Lipinski definition) is 1. The molecule has 39 heavy (non-hydrogen) atoms. The fourth-order valence-electron chi connectivity index (χ4n) is 4.34. The second kappa shape index (κ2) is 13.4. The summed E-state index contributed by atoms with van der Waals surface area (Å²) in [6.45, 7) is 9.79. The molecule has 8 heteroatoms. The summed E-state index contributed by atoms with van der Waals surface area (Å²) in [6.07, 6.45) is 0.386. The lowest BCUT2D eigenvalue weighted by Crippen LogP contribution is -2.52. The van der Waals surface area contributed by atoms with Gasteiger partial charge in [0, 0.05) is 13.1 Å². The zero-order valence-corrected chi connectivity index (χ0v) is 24.2. The van der Waals surface area contributed by atoms with E-state index in [2.05, 4.69) is 5.32 Å². The molecule has 1 N–H and O–H groups in total. The third kappa shape index (κ3) is 7.69. The summed E-state index contributed by atoms with van der Waals surface area (Å²) in [5.41, 5.74) is 2.88. The Morgan fingerprint density at radius 1 is 0.897 bits per heavy atom. The molecule has 0 saturated carbocycles. The molecule has 0 spiro atoms. The van der Waals surface area contributed by atoms with Crippen molar-refractivity contribution in [1.82, 2.24) is 10.2 Å². The highest BCUT2D eigenvalue weighted by atomic mass is 32.2. The van der Waals surface area contributed by atoms with Crippen molar-refractivity contribution in [3.05, 3.63) is 95.6 Å². The number of nitrogens with one attached hydrogen (secondary N) is 1. The first-order chi connectivity index (χ1) is 18.5. The smallest absolute Gasteiger partial charge is 0.264 e. The minimum absolute atomic E-state index is 0.0926. The van der Waals surface area contributed by atoms with Gasteiger partial charge < -0.3 is 10.2 Å². The van der Waals surface area contributed by atoms with Gasteiger partial charge in [0.2, 0.25) is 11.8 Å². The SMILES string of the molecule is CCC(C(=O)NCC(C)C)N(Cc1ccccc1)C(=O)CN(c1cc(C)ccc1C)S(=O)(=O)c1ccccc1. The van der Waals surface area contributed by atoms with Gasteiger partial charge in [0.15, 0.2) is 0 Å². The summed E-state index contributed by atoms with van der Waals surface area (Å²) in [5, 5.41) is 2.95. The number of carbonyl (C=O) groups is 2. The number of hydrogen-bond acceptors (Lipinski definition) is 4. The van der Waals surface area contributed by atoms with Crippen LogP contribution >= 0.6 is 0 Å². The molecule has 0 aromatic heterocycles. The molecule has 0 heterocycles. The molecule has 2 amide bonds. The molecule has 3 rings (SSSR count). The molecular formula is C31H39N3O4S. The third-order valence-corrected chi connectivity index (χ3v) is 8.28. The Kier molecular flexibility index (Phi) is 10.3. The number of anilines is 1. The Bertz CT molecular complexity index is 1360. The summed E-state index contributed by atoms with van der Waals surface area (Å²) in [5.74, 6) is -0.453. The molecule has 1 unspecified atom stereocenters. The Morgan fingerprint density at radius 2 is 1.51 bits per heavy atom. The standard InChI is InChI=1S/C31H39N3O4S/c1-6-28(31(36)32-20-23(2)3)33(21-26-13-9-7-10-14-26)30(35)22-34(29-19-24(4)17-18-25(29)5)39(37,38)27-15-11-8-12-16-27/h7-19,23,28H,6,20-22H2,1-5H3,(H,32,36). The molecule has 0 radical (unpaired) electrons. The number of nitrogens with zero attached hydrogens (tertiary/aromatic N) is 2. The molecule has 0 aliphatic heterocycles. The number of sulfonamides is 1. The van der Waals surface area contributed by atoms with Gasteiger partial charge in [-0.05, 0) is 61.1 Å². The zero-order valence-electron chi connectivity index (χ0n) is 23.4. The van der Waals surface area contributed by atoms with Crippen LogP contribution in [0.1, 0.15) is 43.9 Å². The highest BCUT2D eigenvalue weighted by Crippen LogP contribution is 2.28. The van der Waals surface area contributed by atoms with Crippen molar-refractivity contribution in [3.63, 3.8) is 0 Å². The first-order valence-electron chi connectivity index (χ1n) is 13.3. The van der Waals surface area contributed by atoms with Gasteiger partial charge in [0.05, 0.1) is 10.6 Å². The predicted molar refractivity (Wildman–Crippen MR) is 156 cm³/mol. The molecule has 0 aliphatic rings. The van der Waals surface area contributed by atoms with Gasteiger partial charge in [0.25, 0.3) is 10.0 Å². The lowest BCUT2D eigenvalue weighted by molar-refractivity contribution is -0.140. The van der Waals surface area contributed by atoms with E-state index in [1.54, 1.807) is 24.3 Å². The van der Waals surface area contributed by atoms with E-state index in [4.69, 9.17) is 0 Å². The van der Waals surface area contributed by atoms with E-state index in [0.717, 1.165) is 16.7 Å². The highest BCUT2D eigenvalue weighted by molar-refractivity contribution is 7.92. The predicted octanol–water partition coefficient (Wildman–Crippen LogP) is 5.08. The van der Waals surface area contributed by atoms with E-state index in [1.807, 2.05) is 77.1 Å². The topological polar surface area (TPSA) is 86.8 Å². The second-order valence-corrected chi connectivity index (χ2v) is 12.0. The van der Waals surface area contributed by atoms with E-state index in [0.29, 0.717) is 18.7 Å². The number of carbonyl (C=O) groups excluding carboxylic acids is 2. The van der Waals surface area contributed by atoms with Crippen molar-refractivity contribution < 1.29 is 18.0 Å². The average molecular weight is 550 g/mol. The van der Waals surface area contributed by atoms with Crippen LogP contribution in [0.3, 0.4) is 0 Å². The van der Waals surface area contributed by atoms with Crippen molar-refractivity contribution in [3.8, 4) is 0 Å². The molecule has 0 fully saturated rings. The van der Waals surface area contributed by atoms with Gasteiger partial charge in [-0.15, -0.1) is 0 Å². The second-order valence-electron chi connectivity index (χ2n) is 10.2. The number of aryl methyl sites for hydroxylation is 2. The Hall–Kier alpha value is -3.65. The zero-order chi connectivity index (χ0) is 28.6. The molecule has 0 aliphatic carbocycles. The van der Waals surface area contributed by atoms with Crippen LogP contribution in [0.15, 0.2) is 83.8 Å². The Labute approximate surface area is 232 Å². The molecule has 3 aromatic rings. The monoisotopic (exact) mass is 549 g/mol. The van der Waals surface area contributed by atoms with Gasteiger partial charge >= 0.3 is 0 Å². The first-order valence-corrected chi connectivity index (χ1v) is 14.7. The van der Waals surface area contributed by atoms with E-state index in [9.17, 15) is 18.0 Å². The maximum atomic E-state index is 14.1. The fraction of sp³-hybridized carbons (Fsp3) is 0.355. The lowest BCUT2D eigenvalue weighted by atomic mass is 10.1. The summed E-state index contributed by atoms with van der Waals surface area (Å²) in [4.78, 5) is 28.9. The van der Waals surface area contributed by atoms with Crippen LogP contribution in [0.2, 0.25) is 0 Å². The van der Waals surface area contributed by atoms with E-state index >= 15 is 0 Å².